The van der Waals surface area contributed by atoms with E-state index in [0.717, 1.165) is 31.2 Å². The molecule has 0 unspecified atom stereocenters. The molecule has 0 aromatic heterocycles. The van der Waals surface area contributed by atoms with Gasteiger partial charge in [0.15, 0.2) is 0 Å². The molecule has 1 aromatic carbocycles. The van der Waals surface area contributed by atoms with Gasteiger partial charge in [0.2, 0.25) is 5.91 Å². The molecule has 22 heavy (non-hydrogen) atoms. The van der Waals surface area contributed by atoms with Crippen LogP contribution < -0.4 is 0 Å². The minimum Gasteiger partial charge on any atom is -0.481 e. The molecule has 2 aliphatic rings. The molecule has 1 atom stereocenters. The van der Waals surface area contributed by atoms with Gasteiger partial charge in [0.05, 0.1) is 11.3 Å². The molecule has 118 valence electrons. The van der Waals surface area contributed by atoms with Crippen molar-refractivity contribution < 1.29 is 19.1 Å². The molecule has 0 bridgehead atoms. The van der Waals surface area contributed by atoms with Crippen molar-refractivity contribution in [3.05, 3.63) is 35.6 Å². The maximum absolute atomic E-state index is 13.2. The van der Waals surface area contributed by atoms with E-state index in [9.17, 15) is 14.0 Å². The Morgan fingerprint density at radius 3 is 2.36 bits per heavy atom. The molecule has 1 amide bonds. The standard InChI is InChI=1S/C17H20FNO3/c18-14-5-3-13(4-6-14)17(8-1-2-9-17)16(22)19-10-7-12(11-19)15(20)21/h3-6,12H,1-2,7-11H2,(H,20,21)/t12-/m1/s1. The van der Waals surface area contributed by atoms with Crippen LogP contribution in [0, 0.1) is 11.7 Å². The van der Waals surface area contributed by atoms with Gasteiger partial charge in [-0.2, -0.15) is 0 Å². The summed E-state index contributed by atoms with van der Waals surface area (Å²) < 4.78 is 13.2. The number of carbonyl (C=O) groups excluding carboxylic acids is 1. The lowest BCUT2D eigenvalue weighted by Crippen LogP contribution is -2.44. The zero-order valence-corrected chi connectivity index (χ0v) is 12.4. The van der Waals surface area contributed by atoms with E-state index < -0.39 is 17.3 Å². The Hall–Kier alpha value is -1.91. The molecular weight excluding hydrogens is 285 g/mol. The minimum absolute atomic E-state index is 0.0142. The lowest BCUT2D eigenvalue weighted by molar-refractivity contribution is -0.142. The Bertz CT molecular complexity index is 578. The average molecular weight is 305 g/mol. The van der Waals surface area contributed by atoms with Gasteiger partial charge in [0, 0.05) is 13.1 Å². The van der Waals surface area contributed by atoms with Gasteiger partial charge in [-0.15, -0.1) is 0 Å². The van der Waals surface area contributed by atoms with Crippen molar-refractivity contribution in [2.45, 2.75) is 37.5 Å². The predicted octanol–water partition coefficient (Wildman–Crippen LogP) is 2.57. The Labute approximate surface area is 128 Å². The second-order valence-corrected chi connectivity index (χ2v) is 6.37. The SMILES string of the molecule is O=C(O)[C@@H]1CCN(C(=O)C2(c3ccc(F)cc3)CCCC2)C1. The minimum atomic E-state index is -0.836. The summed E-state index contributed by atoms with van der Waals surface area (Å²) in [4.78, 5) is 25.8. The number of rotatable bonds is 3. The van der Waals surface area contributed by atoms with Gasteiger partial charge in [-0.05, 0) is 37.0 Å². The van der Waals surface area contributed by atoms with Gasteiger partial charge in [0.25, 0.3) is 0 Å². The first-order chi connectivity index (χ1) is 10.5. The van der Waals surface area contributed by atoms with E-state index in [1.54, 1.807) is 17.0 Å². The van der Waals surface area contributed by atoms with E-state index in [0.29, 0.717) is 13.0 Å². The summed E-state index contributed by atoms with van der Waals surface area (Å²) in [7, 11) is 0. The molecule has 2 fully saturated rings. The molecule has 5 heteroatoms. The molecular formula is C17H20FNO3. The van der Waals surface area contributed by atoms with Crippen LogP contribution in [0.3, 0.4) is 0 Å². The molecule has 3 rings (SSSR count). The molecule has 1 aromatic rings. The molecule has 1 N–H and O–H groups in total. The Morgan fingerprint density at radius 2 is 1.82 bits per heavy atom. The van der Waals surface area contributed by atoms with Crippen molar-refractivity contribution in [3.63, 3.8) is 0 Å². The summed E-state index contributed by atoms with van der Waals surface area (Å²) in [5, 5.41) is 9.11. The normalized spacial score (nSPS) is 23.7. The number of carboxylic acids is 1. The van der Waals surface area contributed by atoms with Crippen molar-refractivity contribution in [1.29, 1.82) is 0 Å². The Morgan fingerprint density at radius 1 is 1.18 bits per heavy atom. The number of amides is 1. The topological polar surface area (TPSA) is 57.6 Å². The molecule has 1 saturated carbocycles. The number of benzene rings is 1. The third-order valence-corrected chi connectivity index (χ3v) is 5.09. The number of hydrogen-bond acceptors (Lipinski definition) is 2. The Kier molecular flexibility index (Phi) is 3.89. The number of carbonyl (C=O) groups is 2. The van der Waals surface area contributed by atoms with E-state index in [1.807, 2.05) is 0 Å². The monoisotopic (exact) mass is 305 g/mol. The van der Waals surface area contributed by atoms with Crippen LogP contribution in [-0.4, -0.2) is 35.0 Å². The molecule has 1 saturated heterocycles. The van der Waals surface area contributed by atoms with Crippen molar-refractivity contribution >= 4 is 11.9 Å². The molecule has 0 radical (unpaired) electrons. The number of hydrogen-bond donors (Lipinski definition) is 1. The smallest absolute Gasteiger partial charge is 0.308 e. The lowest BCUT2D eigenvalue weighted by atomic mass is 9.77. The van der Waals surface area contributed by atoms with Crippen LogP contribution in [0.25, 0.3) is 0 Å². The summed E-state index contributed by atoms with van der Waals surface area (Å²) in [6, 6.07) is 6.19. The van der Waals surface area contributed by atoms with E-state index in [-0.39, 0.29) is 18.3 Å². The van der Waals surface area contributed by atoms with E-state index in [4.69, 9.17) is 5.11 Å². The maximum atomic E-state index is 13.2. The van der Waals surface area contributed by atoms with Crippen molar-refractivity contribution in [3.8, 4) is 0 Å². The first kappa shape index (κ1) is 15.0. The fourth-order valence-corrected chi connectivity index (χ4v) is 3.82. The largest absolute Gasteiger partial charge is 0.481 e. The van der Waals surface area contributed by atoms with E-state index in [1.165, 1.54) is 12.1 Å². The Balaban J connectivity index is 1.86. The maximum Gasteiger partial charge on any atom is 0.308 e. The summed E-state index contributed by atoms with van der Waals surface area (Å²) >= 11 is 0. The van der Waals surface area contributed by atoms with Gasteiger partial charge in [0.1, 0.15) is 5.82 Å². The first-order valence-corrected chi connectivity index (χ1v) is 7.81. The van der Waals surface area contributed by atoms with Crippen LogP contribution in [0.1, 0.15) is 37.7 Å². The molecule has 1 heterocycles. The number of likely N-dealkylation sites (tertiary alicyclic amines) is 1. The second-order valence-electron chi connectivity index (χ2n) is 6.37. The molecule has 0 spiro atoms. The third-order valence-electron chi connectivity index (χ3n) is 5.09. The number of carboxylic acid groups (broad SMARTS) is 1. The van der Waals surface area contributed by atoms with Crippen LogP contribution >= 0.6 is 0 Å². The summed E-state index contributed by atoms with van der Waals surface area (Å²) in [6.07, 6.45) is 3.97. The highest BCUT2D eigenvalue weighted by Crippen LogP contribution is 2.43. The highest BCUT2D eigenvalue weighted by molar-refractivity contribution is 5.89. The molecule has 4 nitrogen and oxygen atoms in total. The van der Waals surface area contributed by atoms with Crippen LogP contribution in [0.4, 0.5) is 4.39 Å². The van der Waals surface area contributed by atoms with Crippen molar-refractivity contribution in [1.82, 2.24) is 4.90 Å². The second kappa shape index (κ2) is 5.71. The summed E-state index contributed by atoms with van der Waals surface area (Å²) in [5.74, 6) is -1.59. The third kappa shape index (κ3) is 2.49. The fourth-order valence-electron chi connectivity index (χ4n) is 3.82. The summed E-state index contributed by atoms with van der Waals surface area (Å²) in [6.45, 7) is 0.788. The zero-order valence-electron chi connectivity index (χ0n) is 12.4. The van der Waals surface area contributed by atoms with Crippen LogP contribution in [0.2, 0.25) is 0 Å². The summed E-state index contributed by atoms with van der Waals surface area (Å²) in [5.41, 5.74) is 0.261. The van der Waals surface area contributed by atoms with E-state index >= 15 is 0 Å². The number of halogens is 1. The van der Waals surface area contributed by atoms with Gasteiger partial charge in [-0.25, -0.2) is 4.39 Å². The predicted molar refractivity (Wildman–Crippen MR) is 78.9 cm³/mol. The van der Waals surface area contributed by atoms with Crippen LogP contribution in [-0.2, 0) is 15.0 Å². The molecule has 1 aliphatic carbocycles. The first-order valence-electron chi connectivity index (χ1n) is 7.81. The lowest BCUT2D eigenvalue weighted by Gasteiger charge is -2.33. The average Bonchev–Trinajstić information content (AvgIpc) is 3.17. The zero-order chi connectivity index (χ0) is 15.7. The van der Waals surface area contributed by atoms with Gasteiger partial charge in [-0.3, -0.25) is 9.59 Å². The quantitative estimate of drug-likeness (QED) is 0.933. The number of nitrogens with zero attached hydrogens (tertiary/aromatic N) is 1. The van der Waals surface area contributed by atoms with E-state index in [2.05, 4.69) is 0 Å². The van der Waals surface area contributed by atoms with Crippen LogP contribution in [0.5, 0.6) is 0 Å². The van der Waals surface area contributed by atoms with Gasteiger partial charge in [-0.1, -0.05) is 25.0 Å². The molecule has 1 aliphatic heterocycles. The van der Waals surface area contributed by atoms with Gasteiger partial charge >= 0.3 is 5.97 Å². The fraction of sp³-hybridized carbons (Fsp3) is 0.529. The highest BCUT2D eigenvalue weighted by Gasteiger charge is 2.46. The van der Waals surface area contributed by atoms with Crippen molar-refractivity contribution in [2.75, 3.05) is 13.1 Å². The van der Waals surface area contributed by atoms with Gasteiger partial charge < -0.3 is 10.0 Å². The van der Waals surface area contributed by atoms with Crippen LogP contribution in [0.15, 0.2) is 24.3 Å². The van der Waals surface area contributed by atoms with Crippen molar-refractivity contribution in [2.24, 2.45) is 5.92 Å². The highest BCUT2D eigenvalue weighted by atomic mass is 19.1. The number of aliphatic carboxylic acids is 1.